The summed E-state index contributed by atoms with van der Waals surface area (Å²) in [6.07, 6.45) is 11.3. The van der Waals surface area contributed by atoms with Crippen molar-refractivity contribution in [3.05, 3.63) is 146 Å². The number of hydrogen-bond acceptors (Lipinski definition) is 13. The fraction of sp³-hybridized carbons (Fsp3) is 0.231. The highest BCUT2D eigenvalue weighted by Crippen LogP contribution is 2.37. The Hall–Kier alpha value is -8.44. The summed E-state index contributed by atoms with van der Waals surface area (Å²) in [4.78, 5) is 50.8. The van der Waals surface area contributed by atoms with Crippen LogP contribution in [-0.2, 0) is 9.59 Å². The number of nitrogen functional groups attached to an aromatic ring is 1. The standard InChI is InChI=1S/C52H51N13O4/c1-61(2)28-10-16-44(67)63-30-26-38(32-63)65-52-46(48(60-65)36-19-23-42(24-20-36)69-40-13-7-4-8-14-40)50(56-34-58-52)54-27-9-15-43(66)62-29-25-37(31-62)64-51-45(49(53)55-33-57-51)47(59-64)35-17-21-41(22-18-35)68-39-11-5-3-6-12-39/h3-24,33-34,37-38H,25-32H2,1-2H3,(H2,53,55,57)(H,54,56,58)/t37-,38-/m1/s1. The molecule has 2 saturated heterocycles. The first-order valence-electron chi connectivity index (χ1n) is 22.9. The minimum atomic E-state index is -0.125. The van der Waals surface area contributed by atoms with Crippen molar-refractivity contribution in [3.63, 3.8) is 0 Å². The van der Waals surface area contributed by atoms with Gasteiger partial charge in [0.1, 0.15) is 58.7 Å². The van der Waals surface area contributed by atoms with Crippen molar-refractivity contribution in [3.8, 4) is 45.5 Å². The number of carbonyl (C=O) groups is 2. The number of carbonyl (C=O) groups excluding carboxylic acids is 2. The van der Waals surface area contributed by atoms with Crippen LogP contribution >= 0.6 is 0 Å². The normalized spacial score (nSPS) is 16.2. The molecule has 4 aromatic carbocycles. The van der Waals surface area contributed by atoms with E-state index >= 15 is 0 Å². The van der Waals surface area contributed by atoms with E-state index < -0.39 is 0 Å². The molecule has 2 amide bonds. The number of nitrogens with one attached hydrogen (secondary N) is 1. The van der Waals surface area contributed by atoms with Gasteiger partial charge in [-0.25, -0.2) is 29.3 Å². The third-order valence-corrected chi connectivity index (χ3v) is 12.2. The molecule has 0 bridgehead atoms. The Bertz CT molecular complexity index is 3150. The summed E-state index contributed by atoms with van der Waals surface area (Å²) in [7, 11) is 3.93. The summed E-state index contributed by atoms with van der Waals surface area (Å²) in [5.74, 6) is 3.63. The fourth-order valence-corrected chi connectivity index (χ4v) is 8.80. The van der Waals surface area contributed by atoms with Gasteiger partial charge in [-0.05, 0) is 99.7 Å². The summed E-state index contributed by atoms with van der Waals surface area (Å²) in [6.45, 7) is 3.09. The molecule has 0 spiro atoms. The zero-order valence-electron chi connectivity index (χ0n) is 38.3. The van der Waals surface area contributed by atoms with Crippen molar-refractivity contribution in [1.82, 2.24) is 54.2 Å². The number of hydrogen-bond donors (Lipinski definition) is 2. The molecule has 2 atom stereocenters. The molecule has 8 aromatic rings. The second kappa shape index (κ2) is 19.8. The van der Waals surface area contributed by atoms with Crippen LogP contribution in [0.5, 0.6) is 23.0 Å². The largest absolute Gasteiger partial charge is 0.457 e. The van der Waals surface area contributed by atoms with Gasteiger partial charge in [0.2, 0.25) is 11.8 Å². The summed E-state index contributed by atoms with van der Waals surface area (Å²) >= 11 is 0. The van der Waals surface area contributed by atoms with Gasteiger partial charge in [0, 0.05) is 62.5 Å². The van der Waals surface area contributed by atoms with Crippen LogP contribution in [0.2, 0.25) is 0 Å². The number of fused-ring (bicyclic) bond motifs is 2. The number of para-hydroxylation sites is 2. The fourth-order valence-electron chi connectivity index (χ4n) is 8.80. The predicted molar refractivity (Wildman–Crippen MR) is 265 cm³/mol. The predicted octanol–water partition coefficient (Wildman–Crippen LogP) is 7.80. The van der Waals surface area contributed by atoms with Crippen LogP contribution in [0.1, 0.15) is 24.9 Å². The van der Waals surface area contributed by atoms with Crippen LogP contribution in [0.15, 0.2) is 146 Å². The molecule has 17 heteroatoms. The first kappa shape index (κ1) is 44.4. The van der Waals surface area contributed by atoms with E-state index in [1.165, 1.54) is 12.7 Å². The van der Waals surface area contributed by atoms with E-state index in [1.807, 2.05) is 153 Å². The lowest BCUT2D eigenvalue weighted by molar-refractivity contribution is -0.125. The number of amides is 2. The first-order chi connectivity index (χ1) is 33.8. The second-order valence-electron chi connectivity index (χ2n) is 17.2. The van der Waals surface area contributed by atoms with E-state index in [4.69, 9.17) is 30.4 Å². The number of benzene rings is 4. The van der Waals surface area contributed by atoms with Crippen molar-refractivity contribution in [2.75, 3.05) is 64.4 Å². The molecule has 17 nitrogen and oxygen atoms in total. The van der Waals surface area contributed by atoms with Gasteiger partial charge < -0.3 is 35.2 Å². The number of likely N-dealkylation sites (N-methyl/N-ethyl adjacent to an activating group) is 1. The van der Waals surface area contributed by atoms with E-state index in [1.54, 1.807) is 18.2 Å². The number of nitrogens with zero attached hydrogens (tertiary/aromatic N) is 11. The van der Waals surface area contributed by atoms with Crippen molar-refractivity contribution in [2.24, 2.45) is 0 Å². The van der Waals surface area contributed by atoms with E-state index in [0.717, 1.165) is 34.4 Å². The summed E-state index contributed by atoms with van der Waals surface area (Å²) in [6, 6.07) is 34.4. The zero-order valence-corrected chi connectivity index (χ0v) is 38.3. The average Bonchev–Trinajstić information content (AvgIpc) is 4.20. The Labute approximate surface area is 398 Å². The van der Waals surface area contributed by atoms with Gasteiger partial charge in [0.05, 0.1) is 22.9 Å². The first-order valence-corrected chi connectivity index (χ1v) is 22.9. The van der Waals surface area contributed by atoms with Crippen LogP contribution in [0.3, 0.4) is 0 Å². The highest BCUT2D eigenvalue weighted by Gasteiger charge is 2.32. The van der Waals surface area contributed by atoms with Gasteiger partial charge >= 0.3 is 0 Å². The lowest BCUT2D eigenvalue weighted by atomic mass is 10.1. The number of likely N-dealkylation sites (tertiary alicyclic amines) is 2. The molecule has 0 aliphatic carbocycles. The molecule has 69 heavy (non-hydrogen) atoms. The molecule has 2 aliphatic heterocycles. The number of rotatable bonds is 15. The van der Waals surface area contributed by atoms with Gasteiger partial charge in [0.15, 0.2) is 11.3 Å². The van der Waals surface area contributed by atoms with E-state index in [2.05, 4.69) is 20.3 Å². The molecule has 4 aromatic heterocycles. The maximum absolute atomic E-state index is 13.7. The Balaban J connectivity index is 0.844. The monoisotopic (exact) mass is 921 g/mol. The van der Waals surface area contributed by atoms with Gasteiger partial charge in [-0.15, -0.1) is 0 Å². The van der Waals surface area contributed by atoms with Gasteiger partial charge in [-0.2, -0.15) is 10.2 Å². The molecule has 0 saturated carbocycles. The van der Waals surface area contributed by atoms with E-state index in [-0.39, 0.29) is 23.9 Å². The van der Waals surface area contributed by atoms with Crippen LogP contribution < -0.4 is 20.5 Å². The SMILES string of the molecule is CN(C)CC=CC(=O)N1CC[C@@H](n2nc(-c3ccc(Oc4ccccc4)cc3)c3c(NCC=CC(=O)N4CC[C@@H](n5nc(-c6ccc(Oc7ccccc7)cc6)c6c(N)ncnc65)C4)ncnc32)C1. The van der Waals surface area contributed by atoms with E-state index in [9.17, 15) is 9.59 Å². The van der Waals surface area contributed by atoms with Gasteiger partial charge in [0.25, 0.3) is 0 Å². The van der Waals surface area contributed by atoms with Crippen LogP contribution in [-0.4, -0.2) is 119 Å². The lowest BCUT2D eigenvalue weighted by Gasteiger charge is -2.15. The topological polar surface area (TPSA) is 188 Å². The van der Waals surface area contributed by atoms with E-state index in [0.29, 0.717) is 96.9 Å². The summed E-state index contributed by atoms with van der Waals surface area (Å²) < 4.78 is 15.9. The minimum Gasteiger partial charge on any atom is -0.457 e. The van der Waals surface area contributed by atoms with Crippen molar-refractivity contribution >= 4 is 45.5 Å². The molecule has 2 aliphatic rings. The van der Waals surface area contributed by atoms with Crippen molar-refractivity contribution in [1.29, 1.82) is 0 Å². The number of aromatic nitrogens is 8. The minimum absolute atomic E-state index is 0.0237. The highest BCUT2D eigenvalue weighted by atomic mass is 16.5. The molecule has 2 fully saturated rings. The molecule has 0 unspecified atom stereocenters. The van der Waals surface area contributed by atoms with Gasteiger partial charge in [-0.1, -0.05) is 48.6 Å². The molecule has 6 heterocycles. The van der Waals surface area contributed by atoms with Crippen LogP contribution in [0, 0.1) is 0 Å². The van der Waals surface area contributed by atoms with Crippen molar-refractivity contribution < 1.29 is 19.1 Å². The maximum atomic E-state index is 13.7. The van der Waals surface area contributed by atoms with Crippen LogP contribution in [0.25, 0.3) is 44.6 Å². The maximum Gasteiger partial charge on any atom is 0.246 e. The third kappa shape index (κ3) is 9.71. The zero-order chi connectivity index (χ0) is 47.3. The molecule has 348 valence electrons. The molecule has 3 N–H and O–H groups in total. The molecular weight excluding hydrogens is 871 g/mol. The van der Waals surface area contributed by atoms with Crippen molar-refractivity contribution in [2.45, 2.75) is 24.9 Å². The summed E-state index contributed by atoms with van der Waals surface area (Å²) in [5, 5.41) is 15.0. The number of nitrogens with two attached hydrogens (primary N) is 1. The quantitative estimate of drug-likeness (QED) is 0.0950. The Morgan fingerprint density at radius 3 is 1.65 bits per heavy atom. The average molecular weight is 922 g/mol. The smallest absolute Gasteiger partial charge is 0.246 e. The molecule has 0 radical (unpaired) electrons. The number of ether oxygens (including phenoxy) is 2. The molecular formula is C52H51N13O4. The second-order valence-corrected chi connectivity index (χ2v) is 17.2. The Kier molecular flexibility index (Phi) is 12.7. The Morgan fingerprint density at radius 2 is 1.12 bits per heavy atom. The summed E-state index contributed by atoms with van der Waals surface area (Å²) in [5.41, 5.74) is 10.7. The Morgan fingerprint density at radius 1 is 0.638 bits per heavy atom. The third-order valence-electron chi connectivity index (χ3n) is 12.2. The number of anilines is 2. The molecule has 10 rings (SSSR count). The lowest BCUT2D eigenvalue weighted by Crippen LogP contribution is -2.28. The van der Waals surface area contributed by atoms with Gasteiger partial charge in [-0.3, -0.25) is 9.59 Å². The highest BCUT2D eigenvalue weighted by molar-refractivity contribution is 6.00. The van der Waals surface area contributed by atoms with Crippen LogP contribution in [0.4, 0.5) is 11.6 Å².